The fraction of sp³-hybridized carbons (Fsp3) is 0.462. The van der Waals surface area contributed by atoms with E-state index in [1.165, 1.54) is 0 Å². The van der Waals surface area contributed by atoms with Crippen molar-refractivity contribution < 1.29 is 19.7 Å². The average Bonchev–Trinajstić information content (AvgIpc) is 2.28. The number of ether oxygens (including phenoxy) is 1. The van der Waals surface area contributed by atoms with Gasteiger partial charge in [-0.15, -0.1) is 0 Å². The van der Waals surface area contributed by atoms with Crippen molar-refractivity contribution in [1.29, 1.82) is 0 Å². The standard InChI is InChI=1S/C13H18O4/c1-9(6-12(14)15)13(16)11-5-3-4-10(7-11)8-17-2/h3-5,7,9,13,16H,6,8H2,1-2H3,(H,14,15). The first-order chi connectivity index (χ1) is 8.04. The Morgan fingerprint density at radius 2 is 2.18 bits per heavy atom. The maximum atomic E-state index is 10.6. The first-order valence-corrected chi connectivity index (χ1v) is 5.52. The van der Waals surface area contributed by atoms with Crippen molar-refractivity contribution in [2.75, 3.05) is 7.11 Å². The molecule has 17 heavy (non-hydrogen) atoms. The SMILES string of the molecule is COCc1cccc(C(O)C(C)CC(=O)O)c1. The van der Waals surface area contributed by atoms with Gasteiger partial charge < -0.3 is 14.9 Å². The van der Waals surface area contributed by atoms with Crippen LogP contribution in [0.1, 0.15) is 30.6 Å². The molecule has 2 atom stereocenters. The molecule has 0 aliphatic carbocycles. The molecule has 0 fully saturated rings. The summed E-state index contributed by atoms with van der Waals surface area (Å²) in [5.74, 6) is -1.21. The summed E-state index contributed by atoms with van der Waals surface area (Å²) in [5, 5.41) is 18.7. The molecule has 0 bridgehead atoms. The van der Waals surface area contributed by atoms with Crippen LogP contribution >= 0.6 is 0 Å². The minimum atomic E-state index is -0.899. The number of benzene rings is 1. The van der Waals surface area contributed by atoms with E-state index in [1.54, 1.807) is 20.1 Å². The Bertz CT molecular complexity index is 375. The highest BCUT2D eigenvalue weighted by molar-refractivity contribution is 5.67. The monoisotopic (exact) mass is 238 g/mol. The van der Waals surface area contributed by atoms with E-state index in [9.17, 15) is 9.90 Å². The molecule has 0 spiro atoms. The third kappa shape index (κ3) is 4.17. The first kappa shape index (κ1) is 13.7. The topological polar surface area (TPSA) is 66.8 Å². The van der Waals surface area contributed by atoms with Gasteiger partial charge in [0, 0.05) is 7.11 Å². The van der Waals surface area contributed by atoms with Gasteiger partial charge in [-0.3, -0.25) is 4.79 Å². The maximum Gasteiger partial charge on any atom is 0.303 e. The quantitative estimate of drug-likeness (QED) is 0.795. The van der Waals surface area contributed by atoms with E-state index in [0.717, 1.165) is 11.1 Å². The summed E-state index contributed by atoms with van der Waals surface area (Å²) in [7, 11) is 1.61. The molecule has 0 aliphatic heterocycles. The molecule has 0 aliphatic rings. The Labute approximate surface area is 101 Å². The van der Waals surface area contributed by atoms with Gasteiger partial charge in [0.15, 0.2) is 0 Å². The molecule has 0 heterocycles. The number of carbonyl (C=O) groups is 1. The summed E-state index contributed by atoms with van der Waals surface area (Å²) in [4.78, 5) is 10.6. The lowest BCUT2D eigenvalue weighted by atomic mass is 9.94. The number of carboxylic acids is 1. The largest absolute Gasteiger partial charge is 0.481 e. The molecular formula is C13H18O4. The zero-order valence-corrected chi connectivity index (χ0v) is 10.1. The summed E-state index contributed by atoms with van der Waals surface area (Å²) in [5.41, 5.74) is 1.69. The van der Waals surface area contributed by atoms with Crippen molar-refractivity contribution >= 4 is 5.97 Å². The van der Waals surface area contributed by atoms with Crippen LogP contribution in [0.5, 0.6) is 0 Å². The summed E-state index contributed by atoms with van der Waals surface area (Å²) < 4.78 is 5.01. The highest BCUT2D eigenvalue weighted by Gasteiger charge is 2.19. The molecule has 0 radical (unpaired) electrons. The number of rotatable bonds is 6. The third-order valence-corrected chi connectivity index (χ3v) is 2.64. The summed E-state index contributed by atoms with van der Waals surface area (Å²) in [6.07, 6.45) is -0.807. The molecule has 4 nitrogen and oxygen atoms in total. The molecular weight excluding hydrogens is 220 g/mol. The molecule has 0 amide bonds. The van der Waals surface area contributed by atoms with Crippen LogP contribution in [-0.4, -0.2) is 23.3 Å². The molecule has 94 valence electrons. The van der Waals surface area contributed by atoms with Gasteiger partial charge in [0.1, 0.15) is 0 Å². The Morgan fingerprint density at radius 3 is 2.76 bits per heavy atom. The van der Waals surface area contributed by atoms with Gasteiger partial charge in [-0.25, -0.2) is 0 Å². The molecule has 2 unspecified atom stereocenters. The van der Waals surface area contributed by atoms with Crippen LogP contribution in [-0.2, 0) is 16.1 Å². The lowest BCUT2D eigenvalue weighted by Crippen LogP contribution is -2.13. The number of aliphatic hydroxyl groups excluding tert-OH is 1. The van der Waals surface area contributed by atoms with Gasteiger partial charge in [0.25, 0.3) is 0 Å². The number of aliphatic hydroxyl groups is 1. The van der Waals surface area contributed by atoms with Crippen LogP contribution < -0.4 is 0 Å². The number of hydrogen-bond donors (Lipinski definition) is 2. The first-order valence-electron chi connectivity index (χ1n) is 5.52. The van der Waals surface area contributed by atoms with E-state index >= 15 is 0 Å². The van der Waals surface area contributed by atoms with Crippen LogP contribution in [0.25, 0.3) is 0 Å². The number of methoxy groups -OCH3 is 1. The normalized spacial score (nSPS) is 14.3. The molecule has 4 heteroatoms. The summed E-state index contributed by atoms with van der Waals surface area (Å²) >= 11 is 0. The second-order valence-corrected chi connectivity index (χ2v) is 4.20. The van der Waals surface area contributed by atoms with Crippen molar-refractivity contribution in [2.45, 2.75) is 26.1 Å². The van der Waals surface area contributed by atoms with Gasteiger partial charge in [-0.2, -0.15) is 0 Å². The van der Waals surface area contributed by atoms with E-state index < -0.39 is 12.1 Å². The van der Waals surface area contributed by atoms with E-state index in [2.05, 4.69) is 0 Å². The zero-order valence-electron chi connectivity index (χ0n) is 10.1. The van der Waals surface area contributed by atoms with Gasteiger partial charge in [-0.1, -0.05) is 31.2 Å². The van der Waals surface area contributed by atoms with Crippen LogP contribution in [0, 0.1) is 5.92 Å². The van der Waals surface area contributed by atoms with Crippen molar-refractivity contribution in [2.24, 2.45) is 5.92 Å². The molecule has 0 saturated heterocycles. The highest BCUT2D eigenvalue weighted by Crippen LogP contribution is 2.25. The molecule has 1 rings (SSSR count). The molecule has 0 aromatic heterocycles. The van der Waals surface area contributed by atoms with Gasteiger partial charge in [-0.05, 0) is 17.0 Å². The minimum absolute atomic E-state index is 0.0460. The highest BCUT2D eigenvalue weighted by atomic mass is 16.5. The second-order valence-electron chi connectivity index (χ2n) is 4.20. The molecule has 1 aromatic rings. The number of hydrogen-bond acceptors (Lipinski definition) is 3. The Morgan fingerprint density at radius 1 is 1.47 bits per heavy atom. The van der Waals surface area contributed by atoms with Gasteiger partial charge in [0.05, 0.1) is 19.1 Å². The number of carboxylic acid groups (broad SMARTS) is 1. The van der Waals surface area contributed by atoms with Crippen LogP contribution in [0.3, 0.4) is 0 Å². The van der Waals surface area contributed by atoms with E-state index in [-0.39, 0.29) is 12.3 Å². The Kier molecular flexibility index (Phi) is 5.12. The van der Waals surface area contributed by atoms with Crippen molar-refractivity contribution in [3.63, 3.8) is 0 Å². The van der Waals surface area contributed by atoms with Crippen molar-refractivity contribution in [1.82, 2.24) is 0 Å². The Hall–Kier alpha value is -1.39. The van der Waals surface area contributed by atoms with Gasteiger partial charge >= 0.3 is 5.97 Å². The molecule has 1 aromatic carbocycles. The Balaban J connectivity index is 2.76. The van der Waals surface area contributed by atoms with Gasteiger partial charge in [0.2, 0.25) is 0 Å². The minimum Gasteiger partial charge on any atom is -0.481 e. The van der Waals surface area contributed by atoms with Crippen LogP contribution in [0.4, 0.5) is 0 Å². The van der Waals surface area contributed by atoms with Crippen molar-refractivity contribution in [3.05, 3.63) is 35.4 Å². The molecule has 2 N–H and O–H groups in total. The third-order valence-electron chi connectivity index (χ3n) is 2.64. The smallest absolute Gasteiger partial charge is 0.303 e. The summed E-state index contributed by atoms with van der Waals surface area (Å²) in [6, 6.07) is 7.37. The van der Waals surface area contributed by atoms with E-state index in [0.29, 0.717) is 6.61 Å². The predicted octanol–water partition coefficient (Wildman–Crippen LogP) is 1.98. The summed E-state index contributed by atoms with van der Waals surface area (Å²) in [6.45, 7) is 2.20. The lowest BCUT2D eigenvalue weighted by Gasteiger charge is -2.18. The van der Waals surface area contributed by atoms with E-state index in [1.807, 2.05) is 18.2 Å². The zero-order chi connectivity index (χ0) is 12.8. The fourth-order valence-electron chi connectivity index (χ4n) is 1.75. The number of aliphatic carboxylic acids is 1. The van der Waals surface area contributed by atoms with E-state index in [4.69, 9.17) is 9.84 Å². The second kappa shape index (κ2) is 6.37. The fourth-order valence-corrected chi connectivity index (χ4v) is 1.75. The lowest BCUT2D eigenvalue weighted by molar-refractivity contribution is -0.139. The average molecular weight is 238 g/mol. The molecule has 0 saturated carbocycles. The predicted molar refractivity (Wildman–Crippen MR) is 63.5 cm³/mol. The van der Waals surface area contributed by atoms with Crippen molar-refractivity contribution in [3.8, 4) is 0 Å². The van der Waals surface area contributed by atoms with Crippen LogP contribution in [0.2, 0.25) is 0 Å². The van der Waals surface area contributed by atoms with Crippen LogP contribution in [0.15, 0.2) is 24.3 Å². The maximum absolute atomic E-state index is 10.6.